The molecule has 2 aliphatic heterocycles. The van der Waals surface area contributed by atoms with Crippen LogP contribution in [0, 0.1) is 17.8 Å². The van der Waals surface area contributed by atoms with Gasteiger partial charge in [-0.05, 0) is 58.3 Å². The third-order valence-corrected chi connectivity index (χ3v) is 5.89. The van der Waals surface area contributed by atoms with Crippen molar-refractivity contribution in [1.82, 2.24) is 0 Å². The molecular weight excluding hydrogens is 344 g/mol. The van der Waals surface area contributed by atoms with Crippen LogP contribution in [0.5, 0.6) is 0 Å². The molecule has 1 aliphatic carbocycles. The average molecular weight is 379 g/mol. The molecule has 3 rings (SSSR count). The van der Waals surface area contributed by atoms with Crippen molar-refractivity contribution in [3.05, 3.63) is 23.8 Å². The Morgan fingerprint density at radius 1 is 1.22 bits per heavy atom. The molecule has 0 spiro atoms. The van der Waals surface area contributed by atoms with Gasteiger partial charge in [0.05, 0.1) is 6.10 Å². The van der Waals surface area contributed by atoms with Crippen molar-refractivity contribution in [3.8, 4) is 0 Å². The highest BCUT2D eigenvalue weighted by Crippen LogP contribution is 2.38. The van der Waals surface area contributed by atoms with Crippen molar-refractivity contribution in [2.24, 2.45) is 17.8 Å². The van der Waals surface area contributed by atoms with Gasteiger partial charge in [0.15, 0.2) is 17.9 Å². The lowest BCUT2D eigenvalue weighted by molar-refractivity contribution is -0.155. The van der Waals surface area contributed by atoms with E-state index in [1.165, 1.54) is 5.57 Å². The fourth-order valence-electron chi connectivity index (χ4n) is 4.72. The van der Waals surface area contributed by atoms with E-state index in [0.717, 1.165) is 19.3 Å². The highest BCUT2D eigenvalue weighted by Gasteiger charge is 2.44. The first-order valence-electron chi connectivity index (χ1n) is 10.3. The topological polar surface area (TPSA) is 65.0 Å². The molecule has 1 saturated heterocycles. The smallest absolute Gasteiger partial charge is 0.164 e. The number of ketones is 1. The second-order valence-electron chi connectivity index (χ2n) is 8.76. The monoisotopic (exact) mass is 378 g/mol. The fourth-order valence-corrected chi connectivity index (χ4v) is 4.72. The van der Waals surface area contributed by atoms with E-state index in [2.05, 4.69) is 32.1 Å². The number of allylic oxidation sites excluding steroid dienone is 3. The normalized spacial score (nSPS) is 41.8. The maximum atomic E-state index is 12.6. The molecule has 0 bridgehead atoms. The van der Waals surface area contributed by atoms with Gasteiger partial charge in [0.1, 0.15) is 6.10 Å². The van der Waals surface area contributed by atoms with Gasteiger partial charge in [0.2, 0.25) is 0 Å². The van der Waals surface area contributed by atoms with Gasteiger partial charge in [-0.3, -0.25) is 4.79 Å². The van der Waals surface area contributed by atoms with Gasteiger partial charge in [-0.25, -0.2) is 0 Å². The van der Waals surface area contributed by atoms with Crippen LogP contribution in [0.3, 0.4) is 0 Å². The molecule has 1 N–H and O–H groups in total. The van der Waals surface area contributed by atoms with Crippen LogP contribution in [-0.4, -0.2) is 41.8 Å². The van der Waals surface area contributed by atoms with Crippen molar-refractivity contribution >= 4 is 5.78 Å². The summed E-state index contributed by atoms with van der Waals surface area (Å²) in [6, 6.07) is 0. The molecule has 0 amide bonds. The second-order valence-corrected chi connectivity index (χ2v) is 8.76. The highest BCUT2D eigenvalue weighted by atomic mass is 16.8. The van der Waals surface area contributed by atoms with Crippen molar-refractivity contribution in [3.63, 3.8) is 0 Å². The van der Waals surface area contributed by atoms with Crippen LogP contribution in [0.1, 0.15) is 59.8 Å². The summed E-state index contributed by atoms with van der Waals surface area (Å²) in [5, 5.41) is 10.6. The van der Waals surface area contributed by atoms with E-state index >= 15 is 0 Å². The van der Waals surface area contributed by atoms with Gasteiger partial charge in [-0.2, -0.15) is 0 Å². The predicted molar refractivity (Wildman–Crippen MR) is 103 cm³/mol. The Morgan fingerprint density at radius 2 is 2.00 bits per heavy atom. The zero-order chi connectivity index (χ0) is 19.6. The molecular formula is C22H34O5. The Morgan fingerprint density at radius 3 is 2.78 bits per heavy atom. The van der Waals surface area contributed by atoms with Crippen molar-refractivity contribution in [2.45, 2.75) is 84.1 Å². The lowest BCUT2D eigenvalue weighted by atomic mass is 9.73. The average Bonchev–Trinajstić information content (AvgIpc) is 2.88. The van der Waals surface area contributed by atoms with Crippen LogP contribution in [0.25, 0.3) is 0 Å². The van der Waals surface area contributed by atoms with Crippen molar-refractivity contribution in [1.29, 1.82) is 0 Å². The van der Waals surface area contributed by atoms with E-state index in [0.29, 0.717) is 19.4 Å². The third-order valence-electron chi connectivity index (χ3n) is 5.89. The summed E-state index contributed by atoms with van der Waals surface area (Å²) >= 11 is 0. The summed E-state index contributed by atoms with van der Waals surface area (Å²) in [4.78, 5) is 12.6. The van der Waals surface area contributed by atoms with E-state index in [9.17, 15) is 9.90 Å². The minimum Gasteiger partial charge on any atom is -0.368 e. The first-order chi connectivity index (χ1) is 12.8. The van der Waals surface area contributed by atoms with E-state index in [-0.39, 0.29) is 29.6 Å². The third kappa shape index (κ3) is 5.08. The zero-order valence-electron chi connectivity index (χ0n) is 17.0. The molecule has 3 aliphatic rings. The Labute approximate surface area is 162 Å². The van der Waals surface area contributed by atoms with Crippen LogP contribution in [0.4, 0.5) is 0 Å². The zero-order valence-corrected chi connectivity index (χ0v) is 17.0. The van der Waals surface area contributed by atoms with Gasteiger partial charge in [0.25, 0.3) is 0 Å². The second kappa shape index (κ2) is 8.56. The molecule has 152 valence electrons. The largest absolute Gasteiger partial charge is 0.368 e. The van der Waals surface area contributed by atoms with Crippen LogP contribution in [0.2, 0.25) is 0 Å². The Kier molecular flexibility index (Phi) is 6.57. The molecule has 0 aromatic rings. The molecule has 5 heteroatoms. The predicted octanol–water partition coefficient (Wildman–Crippen LogP) is 3.76. The molecule has 4 unspecified atom stereocenters. The lowest BCUT2D eigenvalue weighted by Crippen LogP contribution is -2.36. The Hall–Kier alpha value is -1.01. The molecule has 0 radical (unpaired) electrons. The van der Waals surface area contributed by atoms with Gasteiger partial charge in [-0.15, -0.1) is 0 Å². The molecule has 1 fully saturated rings. The van der Waals surface area contributed by atoms with Gasteiger partial charge in [0, 0.05) is 18.9 Å². The maximum Gasteiger partial charge on any atom is 0.164 e. The molecule has 0 aromatic carbocycles. The number of hydrogen-bond donors (Lipinski definition) is 1. The van der Waals surface area contributed by atoms with Crippen LogP contribution in [-0.2, 0) is 19.0 Å². The van der Waals surface area contributed by atoms with E-state index < -0.39 is 18.2 Å². The summed E-state index contributed by atoms with van der Waals surface area (Å²) in [7, 11) is 0. The van der Waals surface area contributed by atoms with E-state index in [1.807, 2.05) is 13.8 Å². The summed E-state index contributed by atoms with van der Waals surface area (Å²) in [5.74, 6) is -0.113. The fraction of sp³-hybridized carbons (Fsp3) is 0.773. The molecule has 0 saturated carbocycles. The van der Waals surface area contributed by atoms with Crippen molar-refractivity contribution < 1.29 is 24.1 Å². The first kappa shape index (κ1) is 20.7. The number of aliphatic hydroxyl groups excluding tert-OH is 1. The molecule has 5 nitrogen and oxygen atoms in total. The minimum absolute atomic E-state index is 0.0440. The SMILES string of the molecule is CC1=CC(C)C2C(/C=C/C[C@@H]3OC(C)(C)O[C@@H]3C(=O)CCCCOC2O)C1. The maximum absolute atomic E-state index is 12.6. The molecule has 2 heterocycles. The van der Waals surface area contributed by atoms with Crippen molar-refractivity contribution in [2.75, 3.05) is 6.61 Å². The molecule has 6 atom stereocenters. The van der Waals surface area contributed by atoms with Crippen LogP contribution < -0.4 is 0 Å². The number of fused-ring (bicyclic) bond motifs is 2. The molecule has 27 heavy (non-hydrogen) atoms. The number of hydrogen-bond acceptors (Lipinski definition) is 5. The first-order valence-corrected chi connectivity index (χ1v) is 10.3. The van der Waals surface area contributed by atoms with E-state index in [1.54, 1.807) is 0 Å². The Balaban J connectivity index is 1.80. The van der Waals surface area contributed by atoms with E-state index in [4.69, 9.17) is 14.2 Å². The van der Waals surface area contributed by atoms with Gasteiger partial charge in [-0.1, -0.05) is 30.7 Å². The Bertz CT molecular complexity index is 594. The van der Waals surface area contributed by atoms with Gasteiger partial charge < -0.3 is 19.3 Å². The number of Topliss-reactive ketones (excluding diaryl/α,β-unsaturated/α-hetero) is 1. The molecule has 0 aromatic heterocycles. The summed E-state index contributed by atoms with van der Waals surface area (Å²) in [6.45, 7) is 8.48. The number of carbonyl (C=O) groups excluding carboxylic acids is 1. The van der Waals surface area contributed by atoms with Crippen LogP contribution >= 0.6 is 0 Å². The quantitative estimate of drug-likeness (QED) is 0.650. The summed E-state index contributed by atoms with van der Waals surface area (Å²) < 4.78 is 17.6. The summed E-state index contributed by atoms with van der Waals surface area (Å²) in [5.41, 5.74) is 1.34. The number of aliphatic hydroxyl groups is 1. The minimum atomic E-state index is -0.782. The highest BCUT2D eigenvalue weighted by molar-refractivity contribution is 5.84. The number of ether oxygens (including phenoxy) is 3. The standard InChI is InChI=1S/C22H34O5/c1-14-12-15(2)19-16(13-14)8-7-10-18-20(27-22(3,4)26-18)17(23)9-5-6-11-25-21(19)24/h7-8,12,15-16,18-21,24H,5-6,9-11,13H2,1-4H3/b8-7+/t15?,16?,18-,19?,20+,21?/m0/s1. The number of rotatable bonds is 0. The van der Waals surface area contributed by atoms with Crippen LogP contribution in [0.15, 0.2) is 23.8 Å². The summed E-state index contributed by atoms with van der Waals surface area (Å²) in [6.07, 6.45) is 8.48. The number of carbonyl (C=O) groups is 1. The van der Waals surface area contributed by atoms with Gasteiger partial charge >= 0.3 is 0 Å². The lowest BCUT2D eigenvalue weighted by Gasteiger charge is -2.36.